The Morgan fingerprint density at radius 1 is 1.28 bits per heavy atom. The number of thioether (sulfide) groups is 1. The summed E-state index contributed by atoms with van der Waals surface area (Å²) in [6.07, 6.45) is 1.60. The van der Waals surface area contributed by atoms with Gasteiger partial charge in [-0.1, -0.05) is 23.1 Å². The first-order valence-electron chi connectivity index (χ1n) is 7.36. The zero-order chi connectivity index (χ0) is 17.8. The summed E-state index contributed by atoms with van der Waals surface area (Å²) in [6, 6.07) is 7.51. The van der Waals surface area contributed by atoms with Crippen molar-refractivity contribution in [2.45, 2.75) is 17.3 Å². The van der Waals surface area contributed by atoms with Crippen molar-refractivity contribution >= 4 is 34.1 Å². The number of carbonyl (C=O) groups is 1. The fraction of sp³-hybridized carbons (Fsp3) is 0.267. The lowest BCUT2D eigenvalue weighted by Crippen LogP contribution is -2.22. The number of carbonyl (C=O) groups excluding carboxylic acids is 1. The molecule has 0 radical (unpaired) electrons. The fourth-order valence-electron chi connectivity index (χ4n) is 1.92. The van der Waals surface area contributed by atoms with Gasteiger partial charge in [0.2, 0.25) is 11.0 Å². The van der Waals surface area contributed by atoms with Gasteiger partial charge in [0.15, 0.2) is 5.16 Å². The van der Waals surface area contributed by atoms with E-state index in [1.165, 1.54) is 23.1 Å². The van der Waals surface area contributed by atoms with Gasteiger partial charge < -0.3 is 9.30 Å². The molecule has 25 heavy (non-hydrogen) atoms. The molecule has 2 aromatic heterocycles. The smallest absolute Gasteiger partial charge is 0.239 e. The molecule has 130 valence electrons. The molecule has 0 saturated heterocycles. The van der Waals surface area contributed by atoms with E-state index in [0.29, 0.717) is 10.3 Å². The minimum Gasteiger partial charge on any atom is -0.497 e. The Labute approximate surface area is 152 Å². The number of hydrogen-bond donors (Lipinski definition) is 1. The Kier molecular flexibility index (Phi) is 5.29. The van der Waals surface area contributed by atoms with Gasteiger partial charge in [-0.3, -0.25) is 10.1 Å². The van der Waals surface area contributed by atoms with E-state index in [1.807, 2.05) is 31.3 Å². The van der Waals surface area contributed by atoms with E-state index in [0.717, 1.165) is 16.3 Å². The van der Waals surface area contributed by atoms with E-state index >= 15 is 0 Å². The summed E-state index contributed by atoms with van der Waals surface area (Å²) in [5, 5.41) is 20.2. The second kappa shape index (κ2) is 7.62. The summed E-state index contributed by atoms with van der Waals surface area (Å²) in [5.41, 5.74) is 0.917. The van der Waals surface area contributed by atoms with Crippen molar-refractivity contribution in [3.05, 3.63) is 30.6 Å². The standard InChI is InChI=1S/C15H16N6O2S2/c1-9(24-15-20-16-8-21(15)2)12(22)17-14-19-18-13(25-14)10-4-6-11(23-3)7-5-10/h4-9H,1-3H3,(H,17,19,22). The van der Waals surface area contributed by atoms with Gasteiger partial charge in [0, 0.05) is 12.6 Å². The molecule has 8 nitrogen and oxygen atoms in total. The summed E-state index contributed by atoms with van der Waals surface area (Å²) in [7, 11) is 3.45. The quantitative estimate of drug-likeness (QED) is 0.660. The Morgan fingerprint density at radius 2 is 2.04 bits per heavy atom. The molecule has 0 aliphatic heterocycles. The molecule has 0 aliphatic carbocycles. The molecule has 0 bridgehead atoms. The van der Waals surface area contributed by atoms with E-state index in [2.05, 4.69) is 25.7 Å². The minimum atomic E-state index is -0.337. The lowest BCUT2D eigenvalue weighted by Gasteiger charge is -2.08. The van der Waals surface area contributed by atoms with Gasteiger partial charge in [-0.25, -0.2) is 0 Å². The maximum atomic E-state index is 12.3. The molecule has 10 heteroatoms. The van der Waals surface area contributed by atoms with Crippen LogP contribution >= 0.6 is 23.1 Å². The second-order valence-corrected chi connectivity index (χ2v) is 7.40. The van der Waals surface area contributed by atoms with Crippen LogP contribution in [0.2, 0.25) is 0 Å². The highest BCUT2D eigenvalue weighted by atomic mass is 32.2. The number of nitrogens with zero attached hydrogens (tertiary/aromatic N) is 5. The van der Waals surface area contributed by atoms with Gasteiger partial charge in [-0.15, -0.1) is 20.4 Å². The van der Waals surface area contributed by atoms with Crippen molar-refractivity contribution in [3.63, 3.8) is 0 Å². The summed E-state index contributed by atoms with van der Waals surface area (Å²) in [4.78, 5) is 12.3. The number of anilines is 1. The van der Waals surface area contributed by atoms with Crippen LogP contribution in [0.25, 0.3) is 10.6 Å². The number of aromatic nitrogens is 5. The monoisotopic (exact) mass is 376 g/mol. The molecular weight excluding hydrogens is 360 g/mol. The van der Waals surface area contributed by atoms with Gasteiger partial charge in [-0.05, 0) is 31.2 Å². The Morgan fingerprint density at radius 3 is 2.68 bits per heavy atom. The zero-order valence-corrected chi connectivity index (χ0v) is 15.5. The van der Waals surface area contributed by atoms with Gasteiger partial charge in [0.1, 0.15) is 17.1 Å². The first-order chi connectivity index (χ1) is 12.1. The number of ether oxygens (including phenoxy) is 1. The third-order valence-corrected chi connectivity index (χ3v) is 5.35. The van der Waals surface area contributed by atoms with Crippen LogP contribution in [0.5, 0.6) is 5.75 Å². The first kappa shape index (κ1) is 17.4. The maximum Gasteiger partial charge on any atom is 0.239 e. The summed E-state index contributed by atoms with van der Waals surface area (Å²) in [5.74, 6) is 0.613. The largest absolute Gasteiger partial charge is 0.497 e. The molecule has 0 aliphatic rings. The van der Waals surface area contributed by atoms with Crippen LogP contribution in [0.15, 0.2) is 35.7 Å². The van der Waals surface area contributed by atoms with Crippen LogP contribution in [0.3, 0.4) is 0 Å². The van der Waals surface area contributed by atoms with Crippen molar-refractivity contribution in [1.82, 2.24) is 25.0 Å². The number of benzene rings is 1. The molecule has 1 atom stereocenters. The molecule has 0 fully saturated rings. The average Bonchev–Trinajstić information content (AvgIpc) is 3.24. The predicted octanol–water partition coefficient (Wildman–Crippen LogP) is 2.46. The van der Waals surface area contributed by atoms with E-state index in [4.69, 9.17) is 4.74 Å². The molecule has 3 aromatic rings. The van der Waals surface area contributed by atoms with Gasteiger partial charge >= 0.3 is 0 Å². The predicted molar refractivity (Wildman–Crippen MR) is 96.8 cm³/mol. The lowest BCUT2D eigenvalue weighted by molar-refractivity contribution is -0.115. The van der Waals surface area contributed by atoms with Crippen LogP contribution < -0.4 is 10.1 Å². The first-order valence-corrected chi connectivity index (χ1v) is 9.06. The van der Waals surface area contributed by atoms with Gasteiger partial charge in [0.05, 0.1) is 12.4 Å². The van der Waals surface area contributed by atoms with Crippen molar-refractivity contribution in [2.24, 2.45) is 7.05 Å². The van der Waals surface area contributed by atoms with Crippen LogP contribution in [0, 0.1) is 0 Å². The summed E-state index contributed by atoms with van der Waals surface area (Å²) < 4.78 is 6.90. The number of rotatable bonds is 6. The molecule has 1 unspecified atom stereocenters. The fourth-order valence-corrected chi connectivity index (χ4v) is 3.46. The highest BCUT2D eigenvalue weighted by Crippen LogP contribution is 2.28. The zero-order valence-electron chi connectivity index (χ0n) is 13.8. The number of amides is 1. The molecule has 1 N–H and O–H groups in total. The van der Waals surface area contributed by atoms with E-state index in [9.17, 15) is 4.79 Å². The van der Waals surface area contributed by atoms with Crippen molar-refractivity contribution in [1.29, 1.82) is 0 Å². The van der Waals surface area contributed by atoms with Crippen LogP contribution in [-0.4, -0.2) is 43.2 Å². The number of aryl methyl sites for hydroxylation is 1. The lowest BCUT2D eigenvalue weighted by atomic mass is 10.2. The molecule has 3 rings (SSSR count). The van der Waals surface area contributed by atoms with Crippen LogP contribution in [0.4, 0.5) is 5.13 Å². The Balaban J connectivity index is 1.64. The van der Waals surface area contributed by atoms with E-state index in [-0.39, 0.29) is 11.2 Å². The highest BCUT2D eigenvalue weighted by molar-refractivity contribution is 8.00. The van der Waals surface area contributed by atoms with E-state index in [1.54, 1.807) is 24.9 Å². The number of nitrogens with one attached hydrogen (secondary N) is 1. The second-order valence-electron chi connectivity index (χ2n) is 5.11. The van der Waals surface area contributed by atoms with Crippen LogP contribution in [-0.2, 0) is 11.8 Å². The highest BCUT2D eigenvalue weighted by Gasteiger charge is 2.19. The van der Waals surface area contributed by atoms with Gasteiger partial charge in [0.25, 0.3) is 0 Å². The number of hydrogen-bond acceptors (Lipinski definition) is 8. The molecule has 0 spiro atoms. The normalized spacial score (nSPS) is 12.0. The summed E-state index contributed by atoms with van der Waals surface area (Å²) in [6.45, 7) is 1.81. The Hall–Kier alpha value is -2.46. The van der Waals surface area contributed by atoms with Crippen molar-refractivity contribution in [2.75, 3.05) is 12.4 Å². The van der Waals surface area contributed by atoms with E-state index < -0.39 is 0 Å². The number of methoxy groups -OCH3 is 1. The Bertz CT molecular complexity index is 861. The summed E-state index contributed by atoms with van der Waals surface area (Å²) >= 11 is 2.65. The third-order valence-electron chi connectivity index (χ3n) is 3.31. The topological polar surface area (TPSA) is 94.8 Å². The molecule has 1 aromatic carbocycles. The molecule has 1 amide bonds. The van der Waals surface area contributed by atoms with Crippen molar-refractivity contribution < 1.29 is 9.53 Å². The van der Waals surface area contributed by atoms with Gasteiger partial charge in [-0.2, -0.15) is 0 Å². The third kappa shape index (κ3) is 4.15. The van der Waals surface area contributed by atoms with Crippen LogP contribution in [0.1, 0.15) is 6.92 Å². The van der Waals surface area contributed by atoms with Crippen molar-refractivity contribution in [3.8, 4) is 16.3 Å². The minimum absolute atomic E-state index is 0.162. The molecule has 0 saturated carbocycles. The molecular formula is C15H16N6O2S2. The SMILES string of the molecule is COc1ccc(-c2nnc(NC(=O)C(C)Sc3nncn3C)s2)cc1. The maximum absolute atomic E-state index is 12.3. The molecule has 2 heterocycles. The average molecular weight is 376 g/mol.